The van der Waals surface area contributed by atoms with Gasteiger partial charge in [0.1, 0.15) is 4.88 Å². The number of benzene rings is 2. The molecule has 164 valence electrons. The van der Waals surface area contributed by atoms with Crippen molar-refractivity contribution in [3.63, 3.8) is 0 Å². The van der Waals surface area contributed by atoms with Crippen LogP contribution in [0.25, 0.3) is 11.1 Å². The molecule has 4 nitrogen and oxygen atoms in total. The third kappa shape index (κ3) is 3.35. The monoisotopic (exact) mass is 463 g/mol. The van der Waals surface area contributed by atoms with Crippen LogP contribution in [-0.4, -0.2) is 18.8 Å². The fraction of sp³-hybridized carbons (Fsp3) is 0.182. The number of hydrogen-bond acceptors (Lipinski definition) is 3. The summed E-state index contributed by atoms with van der Waals surface area (Å²) >= 11 is 0.415. The van der Waals surface area contributed by atoms with E-state index < -0.39 is 34.8 Å². The minimum atomic E-state index is -4.56. The molecule has 2 amide bonds. The van der Waals surface area contributed by atoms with Crippen molar-refractivity contribution in [1.82, 2.24) is 5.32 Å². The molecule has 2 aliphatic rings. The van der Waals surface area contributed by atoms with Crippen LogP contribution in [0.5, 0.6) is 0 Å². The van der Waals surface area contributed by atoms with Crippen LogP contribution in [0.2, 0.25) is 0 Å². The summed E-state index contributed by atoms with van der Waals surface area (Å²) in [4.78, 5) is 17.2. The lowest BCUT2D eigenvalue weighted by atomic mass is 9.99. The first-order valence-electron chi connectivity index (χ1n) is 9.60. The van der Waals surface area contributed by atoms with E-state index in [1.165, 1.54) is 17.0 Å². The Morgan fingerprint density at radius 1 is 1.09 bits per heavy atom. The highest BCUT2D eigenvalue weighted by Gasteiger charge is 2.37. The minimum Gasteiger partial charge on any atom is -0.335 e. The summed E-state index contributed by atoms with van der Waals surface area (Å²) in [7, 11) is 0. The predicted molar refractivity (Wildman–Crippen MR) is 112 cm³/mol. The van der Waals surface area contributed by atoms with Crippen LogP contribution in [-0.2, 0) is 12.6 Å². The summed E-state index contributed by atoms with van der Waals surface area (Å²) in [5.74, 6) is -2.46. The number of carbonyl (C=O) groups is 1. The lowest BCUT2D eigenvalue weighted by molar-refractivity contribution is -0.134. The van der Waals surface area contributed by atoms with Gasteiger partial charge in [0.2, 0.25) is 0 Å². The Morgan fingerprint density at radius 2 is 1.91 bits per heavy atom. The molecule has 3 aromatic rings. The largest absolute Gasteiger partial charge is 0.425 e. The predicted octanol–water partition coefficient (Wildman–Crippen LogP) is 6.24. The van der Waals surface area contributed by atoms with Gasteiger partial charge in [-0.3, -0.25) is 9.89 Å². The van der Waals surface area contributed by atoms with Crippen LogP contribution < -0.4 is 10.2 Å². The number of alkyl halides is 3. The first kappa shape index (κ1) is 20.6. The van der Waals surface area contributed by atoms with Crippen molar-refractivity contribution in [3.8, 4) is 11.1 Å². The molecule has 0 unspecified atom stereocenters. The van der Waals surface area contributed by atoms with E-state index in [4.69, 9.17) is 0 Å². The van der Waals surface area contributed by atoms with Crippen LogP contribution >= 0.6 is 11.3 Å². The average molecular weight is 463 g/mol. The molecule has 2 aliphatic heterocycles. The van der Waals surface area contributed by atoms with Crippen molar-refractivity contribution in [3.05, 3.63) is 69.4 Å². The van der Waals surface area contributed by atoms with Crippen LogP contribution in [0.1, 0.15) is 22.0 Å². The van der Waals surface area contributed by atoms with Crippen molar-refractivity contribution < 1.29 is 26.7 Å². The summed E-state index contributed by atoms with van der Waals surface area (Å²) < 4.78 is 68.6. The molecule has 0 saturated carbocycles. The van der Waals surface area contributed by atoms with Crippen molar-refractivity contribution in [1.29, 1.82) is 0 Å². The van der Waals surface area contributed by atoms with Crippen molar-refractivity contribution >= 4 is 35.0 Å². The van der Waals surface area contributed by atoms with Gasteiger partial charge >= 0.3 is 12.2 Å². The van der Waals surface area contributed by atoms with Gasteiger partial charge in [0.05, 0.1) is 11.7 Å². The number of hydrogen-bond donors (Lipinski definition) is 1. The van der Waals surface area contributed by atoms with Gasteiger partial charge in [-0.2, -0.15) is 13.2 Å². The maximum Gasteiger partial charge on any atom is 0.425 e. The van der Waals surface area contributed by atoms with Gasteiger partial charge < -0.3 is 5.32 Å². The van der Waals surface area contributed by atoms with Crippen molar-refractivity contribution in [2.45, 2.75) is 18.6 Å². The Labute approximate surface area is 183 Å². The third-order valence-electron chi connectivity index (χ3n) is 5.53. The lowest BCUT2D eigenvalue weighted by Gasteiger charge is -2.24. The van der Waals surface area contributed by atoms with Crippen LogP contribution in [0.15, 0.2) is 46.8 Å². The lowest BCUT2D eigenvalue weighted by Crippen LogP contribution is -2.30. The Kier molecular flexibility index (Phi) is 4.77. The quantitative estimate of drug-likeness (QED) is 0.459. The minimum absolute atomic E-state index is 0.0472. The molecule has 32 heavy (non-hydrogen) atoms. The highest BCUT2D eigenvalue weighted by atomic mass is 32.1. The number of nitrogens with one attached hydrogen (secondary N) is 1. The van der Waals surface area contributed by atoms with Gasteiger partial charge in [-0.15, -0.1) is 11.3 Å². The van der Waals surface area contributed by atoms with Crippen LogP contribution in [0, 0.1) is 11.6 Å². The standard InChI is InChI=1S/C22H14F5N3OS/c23-19-14(12-7-18(32-10-12)22(25,26)27)3-4-15(20(19)24)17-9-29-21(31)30(17)13-2-1-11-5-6-28-16(11)8-13/h1-4,6-8,10,17H,5,9H2,(H,29,31)/t17-/m1/s1. The Bertz CT molecular complexity index is 1270. The van der Waals surface area contributed by atoms with E-state index >= 15 is 4.39 Å². The normalized spacial score (nSPS) is 17.7. The molecular formula is C22H14F5N3OS. The summed E-state index contributed by atoms with van der Waals surface area (Å²) in [6, 6.07) is 7.30. The Balaban J connectivity index is 1.52. The molecule has 3 heterocycles. The van der Waals surface area contributed by atoms with E-state index in [9.17, 15) is 22.4 Å². The molecule has 1 N–H and O–H groups in total. The molecule has 1 aromatic heterocycles. The molecule has 10 heteroatoms. The molecule has 0 aliphatic carbocycles. The van der Waals surface area contributed by atoms with E-state index in [2.05, 4.69) is 10.3 Å². The summed E-state index contributed by atoms with van der Waals surface area (Å²) in [6.45, 7) is 0.0472. The van der Waals surface area contributed by atoms with E-state index in [-0.39, 0.29) is 23.2 Å². The fourth-order valence-corrected chi connectivity index (χ4v) is 4.73. The number of nitrogens with zero attached hydrogens (tertiary/aromatic N) is 2. The van der Waals surface area contributed by atoms with Gasteiger partial charge in [0.25, 0.3) is 0 Å². The van der Waals surface area contributed by atoms with E-state index in [1.807, 2.05) is 6.07 Å². The van der Waals surface area contributed by atoms with Gasteiger partial charge in [0.15, 0.2) is 11.6 Å². The molecular weight excluding hydrogens is 449 g/mol. The first-order valence-corrected chi connectivity index (χ1v) is 10.5. The van der Waals surface area contributed by atoms with E-state index in [1.54, 1.807) is 18.3 Å². The van der Waals surface area contributed by atoms with Crippen LogP contribution in [0.4, 0.5) is 38.1 Å². The zero-order valence-corrected chi connectivity index (χ0v) is 17.0. The highest BCUT2D eigenvalue weighted by Crippen LogP contribution is 2.40. The molecule has 5 rings (SSSR count). The zero-order valence-electron chi connectivity index (χ0n) is 16.2. The third-order valence-corrected chi connectivity index (χ3v) is 6.50. The second-order valence-corrected chi connectivity index (χ2v) is 8.34. The molecule has 1 saturated heterocycles. The number of carbonyl (C=O) groups excluding carboxylic acids is 1. The van der Waals surface area contributed by atoms with Gasteiger partial charge in [-0.25, -0.2) is 13.6 Å². The number of thiophene rings is 1. The maximum atomic E-state index is 15.1. The van der Waals surface area contributed by atoms with Gasteiger partial charge in [-0.1, -0.05) is 18.2 Å². The second-order valence-electron chi connectivity index (χ2n) is 7.43. The Hall–Kier alpha value is -3.27. The second kappa shape index (κ2) is 7.40. The van der Waals surface area contributed by atoms with Gasteiger partial charge in [0, 0.05) is 36.0 Å². The Morgan fingerprint density at radius 3 is 2.66 bits per heavy atom. The summed E-state index contributed by atoms with van der Waals surface area (Å²) in [6.07, 6.45) is -2.13. The molecule has 2 aromatic carbocycles. The number of rotatable bonds is 3. The molecule has 0 bridgehead atoms. The number of aliphatic imine (C=N–C) groups is 1. The number of anilines is 1. The first-order chi connectivity index (χ1) is 15.2. The average Bonchev–Trinajstić information content (AvgIpc) is 3.48. The molecule has 1 fully saturated rings. The highest BCUT2D eigenvalue weighted by molar-refractivity contribution is 7.10. The van der Waals surface area contributed by atoms with E-state index in [0.717, 1.165) is 17.0 Å². The van der Waals surface area contributed by atoms with Crippen LogP contribution in [0.3, 0.4) is 0 Å². The number of amides is 2. The number of urea groups is 1. The zero-order chi connectivity index (χ0) is 22.6. The molecule has 0 spiro atoms. The number of fused-ring (bicyclic) bond motifs is 1. The molecule has 0 radical (unpaired) electrons. The summed E-state index contributed by atoms with van der Waals surface area (Å²) in [5, 5.41) is 3.77. The number of halogens is 5. The molecule has 1 atom stereocenters. The smallest absolute Gasteiger partial charge is 0.335 e. The van der Waals surface area contributed by atoms with Gasteiger partial charge in [-0.05, 0) is 34.7 Å². The fourth-order valence-electron chi connectivity index (χ4n) is 3.96. The topological polar surface area (TPSA) is 44.7 Å². The summed E-state index contributed by atoms with van der Waals surface area (Å²) in [5.41, 5.74) is 1.80. The van der Waals surface area contributed by atoms with Crippen molar-refractivity contribution in [2.75, 3.05) is 11.4 Å². The van der Waals surface area contributed by atoms with E-state index in [0.29, 0.717) is 29.1 Å². The van der Waals surface area contributed by atoms with Crippen molar-refractivity contribution in [2.24, 2.45) is 4.99 Å². The maximum absolute atomic E-state index is 15.1. The SMILES string of the molecule is O=C1NC[C@H](c2ccc(-c3csc(C(F)(F)F)c3)c(F)c2F)N1c1ccc2c(c1)N=CC2.